The van der Waals surface area contributed by atoms with Crippen LogP contribution in [0.5, 0.6) is 5.75 Å². The van der Waals surface area contributed by atoms with Crippen LogP contribution >= 0.6 is 15.9 Å². The standard InChI is InChI=1S/C27H33BrN2O4/c1-5-6-16-34-22-13-10-20(17-18(22)2)25(31)23-24(19-8-11-21(28)12-9-19)30(27(33)26(23)32)15-7-14-29(3)4/h8-13,17,24,31H,5-7,14-16H2,1-4H3/b25-23+/t24-/m0/s1. The van der Waals surface area contributed by atoms with Gasteiger partial charge in [0.05, 0.1) is 18.2 Å². The predicted molar refractivity (Wildman–Crippen MR) is 138 cm³/mol. The number of aliphatic hydroxyl groups excluding tert-OH is 1. The van der Waals surface area contributed by atoms with Crippen LogP contribution in [0.1, 0.15) is 48.9 Å². The number of Topliss-reactive ketones (excluding diaryl/α,β-unsaturated/α-hetero) is 1. The summed E-state index contributed by atoms with van der Waals surface area (Å²) in [7, 11) is 3.94. The summed E-state index contributed by atoms with van der Waals surface area (Å²) in [4.78, 5) is 29.8. The number of ketones is 1. The van der Waals surface area contributed by atoms with Crippen LogP contribution in [0, 0.1) is 6.92 Å². The highest BCUT2D eigenvalue weighted by molar-refractivity contribution is 9.10. The van der Waals surface area contributed by atoms with Gasteiger partial charge in [0.2, 0.25) is 0 Å². The maximum Gasteiger partial charge on any atom is 0.295 e. The van der Waals surface area contributed by atoms with Gasteiger partial charge in [-0.3, -0.25) is 9.59 Å². The van der Waals surface area contributed by atoms with Gasteiger partial charge in [-0.15, -0.1) is 0 Å². The molecule has 2 aromatic rings. The number of amides is 1. The summed E-state index contributed by atoms with van der Waals surface area (Å²) in [5, 5.41) is 11.3. The number of carbonyl (C=O) groups excluding carboxylic acids is 2. The highest BCUT2D eigenvalue weighted by Gasteiger charge is 2.45. The number of ether oxygens (including phenoxy) is 1. The van der Waals surface area contributed by atoms with Crippen LogP contribution < -0.4 is 4.74 Å². The molecule has 0 spiro atoms. The molecule has 0 radical (unpaired) electrons. The molecule has 3 rings (SSSR count). The third kappa shape index (κ3) is 5.88. The monoisotopic (exact) mass is 528 g/mol. The zero-order chi connectivity index (χ0) is 24.8. The van der Waals surface area contributed by atoms with E-state index in [0.717, 1.165) is 47.2 Å². The first-order valence-electron chi connectivity index (χ1n) is 11.7. The van der Waals surface area contributed by atoms with Crippen LogP contribution in [0.15, 0.2) is 52.5 Å². The first-order valence-corrected chi connectivity index (χ1v) is 12.5. The van der Waals surface area contributed by atoms with E-state index in [2.05, 4.69) is 22.9 Å². The van der Waals surface area contributed by atoms with Gasteiger partial charge in [-0.1, -0.05) is 41.4 Å². The molecule has 34 heavy (non-hydrogen) atoms. The normalized spacial score (nSPS) is 17.6. The number of nitrogens with zero attached hydrogens (tertiary/aromatic N) is 2. The second-order valence-corrected chi connectivity index (χ2v) is 9.80. The molecule has 0 saturated carbocycles. The lowest BCUT2D eigenvalue weighted by Gasteiger charge is -2.26. The van der Waals surface area contributed by atoms with E-state index in [-0.39, 0.29) is 11.3 Å². The van der Waals surface area contributed by atoms with Crippen LogP contribution in [0.3, 0.4) is 0 Å². The third-order valence-electron chi connectivity index (χ3n) is 5.93. The van der Waals surface area contributed by atoms with Crippen molar-refractivity contribution in [2.75, 3.05) is 33.8 Å². The molecule has 1 fully saturated rings. The minimum atomic E-state index is -0.656. The fourth-order valence-corrected chi connectivity index (χ4v) is 4.36. The van der Waals surface area contributed by atoms with Gasteiger partial charge < -0.3 is 19.6 Å². The molecule has 0 aliphatic carbocycles. The van der Waals surface area contributed by atoms with Gasteiger partial charge in [0.15, 0.2) is 0 Å². The number of hydrogen-bond donors (Lipinski definition) is 1. The van der Waals surface area contributed by atoms with Crippen LogP contribution in [0.4, 0.5) is 0 Å². The molecular weight excluding hydrogens is 496 g/mol. The van der Waals surface area contributed by atoms with Gasteiger partial charge >= 0.3 is 0 Å². The van der Waals surface area contributed by atoms with E-state index < -0.39 is 17.7 Å². The molecule has 1 N–H and O–H groups in total. The Morgan fingerprint density at radius 3 is 2.44 bits per heavy atom. The average Bonchev–Trinajstić information content (AvgIpc) is 3.05. The van der Waals surface area contributed by atoms with Crippen LogP contribution in [-0.2, 0) is 9.59 Å². The first-order chi connectivity index (χ1) is 16.2. The van der Waals surface area contributed by atoms with E-state index in [1.165, 1.54) is 0 Å². The van der Waals surface area contributed by atoms with E-state index in [1.54, 1.807) is 17.0 Å². The molecule has 1 saturated heterocycles. The highest BCUT2D eigenvalue weighted by atomic mass is 79.9. The Balaban J connectivity index is 2.02. The number of benzene rings is 2. The largest absolute Gasteiger partial charge is 0.507 e. The first kappa shape index (κ1) is 26.0. The Labute approximate surface area is 210 Å². The summed E-state index contributed by atoms with van der Waals surface area (Å²) >= 11 is 3.44. The Morgan fingerprint density at radius 1 is 1.12 bits per heavy atom. The van der Waals surface area contributed by atoms with Crippen LogP contribution in [-0.4, -0.2) is 60.4 Å². The van der Waals surface area contributed by atoms with Crippen molar-refractivity contribution in [3.8, 4) is 5.75 Å². The fourth-order valence-electron chi connectivity index (χ4n) is 4.10. The topological polar surface area (TPSA) is 70.1 Å². The Kier molecular flexibility index (Phi) is 8.91. The molecule has 0 aromatic heterocycles. The Morgan fingerprint density at radius 2 is 1.82 bits per heavy atom. The van der Waals surface area contributed by atoms with Crippen LogP contribution in [0.2, 0.25) is 0 Å². The third-order valence-corrected chi connectivity index (χ3v) is 6.46. The molecule has 0 bridgehead atoms. The molecule has 182 valence electrons. The number of halogens is 1. The number of unbranched alkanes of at least 4 members (excludes halogenated alkanes) is 1. The van der Waals surface area contributed by atoms with Crippen molar-refractivity contribution in [3.63, 3.8) is 0 Å². The summed E-state index contributed by atoms with van der Waals surface area (Å²) in [6, 6.07) is 12.2. The van der Waals surface area contributed by atoms with Crippen molar-refractivity contribution in [3.05, 3.63) is 69.2 Å². The lowest BCUT2D eigenvalue weighted by Crippen LogP contribution is -2.32. The maximum atomic E-state index is 13.2. The van der Waals surface area contributed by atoms with Crippen molar-refractivity contribution in [2.24, 2.45) is 0 Å². The molecular formula is C27H33BrN2O4. The molecule has 6 nitrogen and oxygen atoms in total. The number of carbonyl (C=O) groups is 2. The lowest BCUT2D eigenvalue weighted by molar-refractivity contribution is -0.139. The second kappa shape index (κ2) is 11.7. The van der Waals surface area contributed by atoms with Gasteiger partial charge in [-0.25, -0.2) is 0 Å². The van der Waals surface area contributed by atoms with Crippen molar-refractivity contribution >= 4 is 33.4 Å². The minimum absolute atomic E-state index is 0.122. The smallest absolute Gasteiger partial charge is 0.295 e. The van der Waals surface area contributed by atoms with E-state index >= 15 is 0 Å². The molecule has 1 aliphatic rings. The van der Waals surface area contributed by atoms with Gasteiger partial charge in [0.1, 0.15) is 11.5 Å². The second-order valence-electron chi connectivity index (χ2n) is 8.88. The minimum Gasteiger partial charge on any atom is -0.507 e. The summed E-state index contributed by atoms with van der Waals surface area (Å²) in [6.45, 7) is 5.85. The van der Waals surface area contributed by atoms with E-state index in [9.17, 15) is 14.7 Å². The molecule has 7 heteroatoms. The van der Waals surface area contributed by atoms with E-state index in [4.69, 9.17) is 4.74 Å². The quantitative estimate of drug-likeness (QED) is 0.196. The Hall–Kier alpha value is -2.64. The zero-order valence-electron chi connectivity index (χ0n) is 20.3. The van der Waals surface area contributed by atoms with E-state index in [0.29, 0.717) is 18.7 Å². The van der Waals surface area contributed by atoms with Gasteiger partial charge in [0, 0.05) is 16.6 Å². The van der Waals surface area contributed by atoms with Crippen LogP contribution in [0.25, 0.3) is 5.76 Å². The number of aliphatic hydroxyl groups is 1. The average molecular weight is 529 g/mol. The lowest BCUT2D eigenvalue weighted by atomic mass is 9.94. The molecule has 1 heterocycles. The fraction of sp³-hybridized carbons (Fsp3) is 0.407. The maximum absolute atomic E-state index is 13.2. The van der Waals surface area contributed by atoms with Crippen molar-refractivity contribution in [1.82, 2.24) is 9.80 Å². The predicted octanol–water partition coefficient (Wildman–Crippen LogP) is 5.31. The zero-order valence-corrected chi connectivity index (χ0v) is 21.9. The summed E-state index contributed by atoms with van der Waals surface area (Å²) < 4.78 is 6.72. The van der Waals surface area contributed by atoms with E-state index in [1.807, 2.05) is 56.3 Å². The van der Waals surface area contributed by atoms with Gasteiger partial charge in [-0.05, 0) is 81.9 Å². The SMILES string of the molecule is CCCCOc1ccc(/C(O)=C2\C(=O)C(=O)N(CCCN(C)C)[C@H]2c2ccc(Br)cc2)cc1C. The Bertz CT molecular complexity index is 1060. The summed E-state index contributed by atoms with van der Waals surface area (Å²) in [5.41, 5.74) is 2.26. The van der Waals surface area contributed by atoms with Crippen molar-refractivity contribution < 1.29 is 19.4 Å². The molecule has 2 aromatic carbocycles. The number of aryl methyl sites for hydroxylation is 1. The molecule has 1 aliphatic heterocycles. The molecule has 0 unspecified atom stereocenters. The highest BCUT2D eigenvalue weighted by Crippen LogP contribution is 2.40. The number of likely N-dealkylation sites (tertiary alicyclic amines) is 1. The molecule has 1 amide bonds. The van der Waals surface area contributed by atoms with Gasteiger partial charge in [0.25, 0.3) is 11.7 Å². The number of hydrogen-bond acceptors (Lipinski definition) is 5. The summed E-state index contributed by atoms with van der Waals surface area (Å²) in [6.07, 6.45) is 2.73. The summed E-state index contributed by atoms with van der Waals surface area (Å²) in [5.74, 6) is -0.649. The number of rotatable bonds is 10. The van der Waals surface area contributed by atoms with Crippen molar-refractivity contribution in [2.45, 2.75) is 39.2 Å². The van der Waals surface area contributed by atoms with Gasteiger partial charge in [-0.2, -0.15) is 0 Å². The van der Waals surface area contributed by atoms with Crippen molar-refractivity contribution in [1.29, 1.82) is 0 Å². The molecule has 1 atom stereocenters.